The average molecular weight is 503 g/mol. The summed E-state index contributed by atoms with van der Waals surface area (Å²) in [6.45, 7) is 4.52. The molecule has 0 spiro atoms. The highest BCUT2D eigenvalue weighted by Gasteiger charge is 2.33. The molecule has 4 rings (SSSR count). The maximum atomic E-state index is 13.0. The van der Waals surface area contributed by atoms with E-state index >= 15 is 0 Å². The maximum absolute atomic E-state index is 13.0. The molecule has 8 nitrogen and oxygen atoms in total. The van der Waals surface area contributed by atoms with Crippen molar-refractivity contribution in [3.05, 3.63) is 70.8 Å². The molecule has 0 bridgehead atoms. The van der Waals surface area contributed by atoms with E-state index in [9.17, 15) is 13.2 Å². The summed E-state index contributed by atoms with van der Waals surface area (Å²) in [6.07, 6.45) is 1.78. The van der Waals surface area contributed by atoms with Gasteiger partial charge in [-0.25, -0.2) is 8.42 Å². The van der Waals surface area contributed by atoms with Gasteiger partial charge in [0, 0.05) is 36.1 Å². The second-order valence-electron chi connectivity index (χ2n) is 8.72. The number of sulfonamides is 1. The Morgan fingerprint density at radius 3 is 2.53 bits per heavy atom. The van der Waals surface area contributed by atoms with Gasteiger partial charge in [-0.1, -0.05) is 42.7 Å². The molecular formula is C24H27ClN4O4S. The van der Waals surface area contributed by atoms with Gasteiger partial charge in [0.05, 0.1) is 10.8 Å². The van der Waals surface area contributed by atoms with Crippen LogP contribution in [0, 0.1) is 5.92 Å². The average Bonchev–Trinajstić information content (AvgIpc) is 3.30. The van der Waals surface area contributed by atoms with Crippen molar-refractivity contribution in [1.29, 1.82) is 0 Å². The van der Waals surface area contributed by atoms with Crippen molar-refractivity contribution in [2.75, 3.05) is 18.4 Å². The fourth-order valence-corrected chi connectivity index (χ4v) is 5.49. The van der Waals surface area contributed by atoms with Crippen LogP contribution in [0.3, 0.4) is 0 Å². The molecule has 1 aliphatic rings. The standard InChI is InChI=1S/C24H27ClN4O4S/c1-16(2)24-27-22(28-33-24)14-17-5-9-20(10-6-17)26-23(30)18-4-3-13-29(15-18)34(31,32)21-11-7-19(25)8-12-21/h5-12,16,18H,3-4,13-15H2,1-2H3,(H,26,30). The lowest BCUT2D eigenvalue weighted by atomic mass is 9.98. The van der Waals surface area contributed by atoms with Crippen LogP contribution in [-0.4, -0.2) is 41.9 Å². The van der Waals surface area contributed by atoms with E-state index in [2.05, 4.69) is 15.5 Å². The highest BCUT2D eigenvalue weighted by atomic mass is 35.5. The molecule has 1 aliphatic heterocycles. The van der Waals surface area contributed by atoms with Crippen LogP contribution in [0.4, 0.5) is 5.69 Å². The largest absolute Gasteiger partial charge is 0.339 e. The molecule has 180 valence electrons. The first-order chi connectivity index (χ1) is 16.2. The van der Waals surface area contributed by atoms with Crippen LogP contribution in [-0.2, 0) is 21.2 Å². The normalized spacial score (nSPS) is 17.1. The first-order valence-corrected chi connectivity index (χ1v) is 13.0. The monoisotopic (exact) mass is 502 g/mol. The summed E-state index contributed by atoms with van der Waals surface area (Å²) < 4.78 is 32.6. The fourth-order valence-electron chi connectivity index (χ4n) is 3.84. The molecule has 1 fully saturated rings. The third kappa shape index (κ3) is 5.65. The summed E-state index contributed by atoms with van der Waals surface area (Å²) in [5.74, 6) is 0.784. The number of hydrogen-bond acceptors (Lipinski definition) is 6. The molecule has 1 saturated heterocycles. The van der Waals surface area contributed by atoms with Crippen LogP contribution >= 0.6 is 11.6 Å². The summed E-state index contributed by atoms with van der Waals surface area (Å²) in [5, 5.41) is 7.39. The Kier molecular flexibility index (Phi) is 7.35. The lowest BCUT2D eigenvalue weighted by molar-refractivity contribution is -0.120. The summed E-state index contributed by atoms with van der Waals surface area (Å²) in [4.78, 5) is 17.4. The molecule has 3 aromatic rings. The Labute approximate surface area is 204 Å². The van der Waals surface area contributed by atoms with E-state index in [-0.39, 0.29) is 23.3 Å². The number of carbonyl (C=O) groups is 1. The summed E-state index contributed by atoms with van der Waals surface area (Å²) >= 11 is 5.88. The molecule has 1 N–H and O–H groups in total. The van der Waals surface area contributed by atoms with E-state index in [1.54, 1.807) is 12.1 Å². The summed E-state index contributed by atoms with van der Waals surface area (Å²) in [6, 6.07) is 13.5. The predicted molar refractivity (Wildman–Crippen MR) is 129 cm³/mol. The lowest BCUT2D eigenvalue weighted by Gasteiger charge is -2.31. The molecule has 0 aliphatic carbocycles. The molecule has 1 aromatic heterocycles. The van der Waals surface area contributed by atoms with E-state index in [0.29, 0.717) is 48.2 Å². The SMILES string of the molecule is CC(C)c1nc(Cc2ccc(NC(=O)C3CCCN(S(=O)(=O)c4ccc(Cl)cc4)C3)cc2)no1. The number of hydrogen-bond donors (Lipinski definition) is 1. The van der Waals surface area contributed by atoms with Crippen molar-refractivity contribution in [2.24, 2.45) is 5.92 Å². The summed E-state index contributed by atoms with van der Waals surface area (Å²) in [5.41, 5.74) is 1.65. The van der Waals surface area contributed by atoms with Crippen molar-refractivity contribution in [3.63, 3.8) is 0 Å². The molecule has 1 unspecified atom stereocenters. The van der Waals surface area contributed by atoms with E-state index in [1.807, 2.05) is 38.1 Å². The van der Waals surface area contributed by atoms with Gasteiger partial charge >= 0.3 is 0 Å². The van der Waals surface area contributed by atoms with Gasteiger partial charge in [0.2, 0.25) is 21.8 Å². The molecule has 10 heteroatoms. The van der Waals surface area contributed by atoms with E-state index < -0.39 is 15.9 Å². The molecule has 2 aromatic carbocycles. The van der Waals surface area contributed by atoms with Crippen molar-refractivity contribution < 1.29 is 17.7 Å². The molecule has 2 heterocycles. The zero-order valence-corrected chi connectivity index (χ0v) is 20.6. The molecule has 1 amide bonds. The van der Waals surface area contributed by atoms with Gasteiger partial charge in [0.25, 0.3) is 0 Å². The van der Waals surface area contributed by atoms with Crippen molar-refractivity contribution in [3.8, 4) is 0 Å². The van der Waals surface area contributed by atoms with E-state index in [4.69, 9.17) is 16.1 Å². The van der Waals surface area contributed by atoms with E-state index in [0.717, 1.165) is 5.56 Å². The molecule has 34 heavy (non-hydrogen) atoms. The zero-order valence-electron chi connectivity index (χ0n) is 19.1. The number of halogens is 1. The quantitative estimate of drug-likeness (QED) is 0.510. The number of anilines is 1. The Balaban J connectivity index is 1.36. The van der Waals surface area contributed by atoms with Crippen molar-refractivity contribution in [1.82, 2.24) is 14.4 Å². The minimum Gasteiger partial charge on any atom is -0.339 e. The second kappa shape index (κ2) is 10.2. The maximum Gasteiger partial charge on any atom is 0.243 e. The topological polar surface area (TPSA) is 105 Å². The minimum atomic E-state index is -3.68. The number of piperidine rings is 1. The van der Waals surface area contributed by atoms with Crippen molar-refractivity contribution in [2.45, 2.75) is 43.9 Å². The Morgan fingerprint density at radius 2 is 1.88 bits per heavy atom. The van der Waals surface area contributed by atoms with Crippen LogP contribution < -0.4 is 5.32 Å². The number of benzene rings is 2. The Bertz CT molecular complexity index is 1240. The van der Waals surface area contributed by atoms with Crippen LogP contribution in [0.15, 0.2) is 57.9 Å². The third-order valence-electron chi connectivity index (χ3n) is 5.77. The van der Waals surface area contributed by atoms with Gasteiger partial charge in [-0.2, -0.15) is 9.29 Å². The second-order valence-corrected chi connectivity index (χ2v) is 11.1. The van der Waals surface area contributed by atoms with Gasteiger partial charge in [-0.15, -0.1) is 0 Å². The third-order valence-corrected chi connectivity index (χ3v) is 7.90. The van der Waals surface area contributed by atoms with Crippen LogP contribution in [0.2, 0.25) is 5.02 Å². The Morgan fingerprint density at radius 1 is 1.18 bits per heavy atom. The van der Waals surface area contributed by atoms with Gasteiger partial charge < -0.3 is 9.84 Å². The molecule has 0 radical (unpaired) electrons. The smallest absolute Gasteiger partial charge is 0.243 e. The van der Waals surface area contributed by atoms with Gasteiger partial charge in [-0.3, -0.25) is 4.79 Å². The highest BCUT2D eigenvalue weighted by Crippen LogP contribution is 2.26. The first kappa shape index (κ1) is 24.4. The number of carbonyl (C=O) groups excluding carboxylic acids is 1. The van der Waals surface area contributed by atoms with Crippen LogP contribution in [0.1, 0.15) is 49.9 Å². The number of amides is 1. The summed E-state index contributed by atoms with van der Waals surface area (Å²) in [7, 11) is -3.68. The number of nitrogens with one attached hydrogen (secondary N) is 1. The molecule has 1 atom stereocenters. The van der Waals surface area contributed by atoms with Crippen LogP contribution in [0.5, 0.6) is 0 Å². The van der Waals surface area contributed by atoms with E-state index in [1.165, 1.54) is 16.4 Å². The first-order valence-electron chi connectivity index (χ1n) is 11.2. The highest BCUT2D eigenvalue weighted by molar-refractivity contribution is 7.89. The number of aromatic nitrogens is 2. The molecular weight excluding hydrogens is 476 g/mol. The van der Waals surface area contributed by atoms with Gasteiger partial charge in [-0.05, 0) is 54.8 Å². The lowest BCUT2D eigenvalue weighted by Crippen LogP contribution is -2.43. The molecule has 0 saturated carbocycles. The van der Waals surface area contributed by atoms with Crippen molar-refractivity contribution >= 4 is 33.2 Å². The zero-order chi connectivity index (χ0) is 24.3. The predicted octanol–water partition coefficient (Wildman–Crippen LogP) is 4.48. The van der Waals surface area contributed by atoms with Gasteiger partial charge in [0.15, 0.2) is 5.82 Å². The minimum absolute atomic E-state index is 0.144. The fraction of sp³-hybridized carbons (Fsp3) is 0.375. The van der Waals surface area contributed by atoms with Crippen LogP contribution in [0.25, 0.3) is 0 Å². The van der Waals surface area contributed by atoms with Gasteiger partial charge in [0.1, 0.15) is 0 Å². The number of nitrogens with zero attached hydrogens (tertiary/aromatic N) is 3. The number of rotatable bonds is 7. The Hall–Kier alpha value is -2.75.